The molecule has 19 heavy (non-hydrogen) atoms. The maximum absolute atomic E-state index is 13.6. The minimum atomic E-state index is -0.818. The van der Waals surface area contributed by atoms with Gasteiger partial charge >= 0.3 is 5.97 Å². The fourth-order valence-electron chi connectivity index (χ4n) is 2.10. The quantitative estimate of drug-likeness (QED) is 0.914. The second-order valence-electron chi connectivity index (χ2n) is 4.37. The summed E-state index contributed by atoms with van der Waals surface area (Å²) in [5.41, 5.74) is 0.761. The number of carbonyl (C=O) groups is 1. The first-order valence-electron chi connectivity index (χ1n) is 5.99. The van der Waals surface area contributed by atoms with Crippen LogP contribution in [0.15, 0.2) is 18.2 Å². The van der Waals surface area contributed by atoms with Crippen LogP contribution in [-0.4, -0.2) is 47.2 Å². The predicted octanol–water partition coefficient (Wildman–Crippen LogP) is 1.84. The summed E-state index contributed by atoms with van der Waals surface area (Å²) < 4.78 is 18.5. The van der Waals surface area contributed by atoms with Gasteiger partial charge in [0.1, 0.15) is 6.04 Å². The first kappa shape index (κ1) is 14.1. The van der Waals surface area contributed by atoms with Crippen molar-refractivity contribution in [1.82, 2.24) is 4.90 Å². The second-order valence-corrected chi connectivity index (χ2v) is 5.52. The van der Waals surface area contributed by atoms with Crippen LogP contribution in [0.3, 0.4) is 0 Å². The number of ether oxygens (including phenoxy) is 1. The molecule has 1 aromatic rings. The third kappa shape index (κ3) is 3.39. The number of carboxylic acids is 1. The molecule has 1 atom stereocenters. The summed E-state index contributed by atoms with van der Waals surface area (Å²) >= 11 is 1.64. The lowest BCUT2D eigenvalue weighted by atomic mass is 10.1. The molecule has 1 aromatic carbocycles. The highest BCUT2D eigenvalue weighted by Gasteiger charge is 2.28. The zero-order valence-corrected chi connectivity index (χ0v) is 11.5. The van der Waals surface area contributed by atoms with Gasteiger partial charge in [0.15, 0.2) is 11.6 Å². The molecule has 0 spiro atoms. The van der Waals surface area contributed by atoms with Crippen LogP contribution in [0.1, 0.15) is 5.56 Å². The van der Waals surface area contributed by atoms with Crippen molar-refractivity contribution in [2.75, 3.05) is 25.2 Å². The molecule has 0 aromatic heterocycles. The van der Waals surface area contributed by atoms with Crippen molar-refractivity contribution in [2.45, 2.75) is 12.6 Å². The fourth-order valence-corrected chi connectivity index (χ4v) is 3.20. The van der Waals surface area contributed by atoms with Gasteiger partial charge in [-0.3, -0.25) is 9.69 Å². The molecule has 1 unspecified atom stereocenters. The van der Waals surface area contributed by atoms with Crippen molar-refractivity contribution < 1.29 is 19.0 Å². The lowest BCUT2D eigenvalue weighted by Crippen LogP contribution is -2.46. The standard InChI is InChI=1S/C13H16FNO3S/c1-18-12-3-2-9(6-10(12)14)7-15-4-5-19-8-11(15)13(16)17/h2-3,6,11H,4-5,7-8H2,1H3,(H,16,17). The van der Waals surface area contributed by atoms with Crippen LogP contribution in [0, 0.1) is 5.82 Å². The van der Waals surface area contributed by atoms with Crippen molar-refractivity contribution >= 4 is 17.7 Å². The number of carboxylic acid groups (broad SMARTS) is 1. The molecule has 0 amide bonds. The van der Waals surface area contributed by atoms with Gasteiger partial charge in [0.25, 0.3) is 0 Å². The van der Waals surface area contributed by atoms with E-state index in [1.165, 1.54) is 13.2 Å². The molecule has 0 bridgehead atoms. The Morgan fingerprint density at radius 1 is 1.63 bits per heavy atom. The van der Waals surface area contributed by atoms with E-state index < -0.39 is 17.8 Å². The fraction of sp³-hybridized carbons (Fsp3) is 0.462. The van der Waals surface area contributed by atoms with Gasteiger partial charge in [0.2, 0.25) is 0 Å². The van der Waals surface area contributed by atoms with E-state index in [-0.39, 0.29) is 5.75 Å². The van der Waals surface area contributed by atoms with E-state index in [4.69, 9.17) is 4.74 Å². The lowest BCUT2D eigenvalue weighted by molar-refractivity contribution is -0.142. The maximum Gasteiger partial charge on any atom is 0.321 e. The molecule has 1 N–H and O–H groups in total. The van der Waals surface area contributed by atoms with Gasteiger partial charge in [0, 0.05) is 24.6 Å². The summed E-state index contributed by atoms with van der Waals surface area (Å²) in [6.45, 7) is 1.15. The summed E-state index contributed by atoms with van der Waals surface area (Å²) in [6, 6.07) is 4.24. The largest absolute Gasteiger partial charge is 0.494 e. The van der Waals surface area contributed by atoms with Crippen molar-refractivity contribution in [2.24, 2.45) is 0 Å². The van der Waals surface area contributed by atoms with E-state index in [1.54, 1.807) is 23.9 Å². The Balaban J connectivity index is 2.10. The lowest BCUT2D eigenvalue weighted by Gasteiger charge is -2.32. The number of hydrogen-bond donors (Lipinski definition) is 1. The van der Waals surface area contributed by atoms with Crippen LogP contribution >= 0.6 is 11.8 Å². The Morgan fingerprint density at radius 2 is 2.42 bits per heavy atom. The Bertz CT molecular complexity index is 469. The number of hydrogen-bond acceptors (Lipinski definition) is 4. The van der Waals surface area contributed by atoms with Crippen molar-refractivity contribution in [1.29, 1.82) is 0 Å². The molecule has 1 heterocycles. The highest BCUT2D eigenvalue weighted by molar-refractivity contribution is 7.99. The average molecular weight is 285 g/mol. The Kier molecular flexibility index (Phi) is 4.66. The number of methoxy groups -OCH3 is 1. The molecular formula is C13H16FNO3S. The van der Waals surface area contributed by atoms with Gasteiger partial charge in [-0.25, -0.2) is 4.39 Å². The molecule has 104 valence electrons. The monoisotopic (exact) mass is 285 g/mol. The number of benzene rings is 1. The topological polar surface area (TPSA) is 49.8 Å². The van der Waals surface area contributed by atoms with Crippen LogP contribution in [0.4, 0.5) is 4.39 Å². The molecule has 1 aliphatic heterocycles. The normalized spacial score (nSPS) is 20.2. The molecule has 1 fully saturated rings. The Morgan fingerprint density at radius 3 is 3.05 bits per heavy atom. The SMILES string of the molecule is COc1ccc(CN2CCSCC2C(=O)O)cc1F. The van der Waals surface area contributed by atoms with Gasteiger partial charge in [0.05, 0.1) is 7.11 Å². The highest BCUT2D eigenvalue weighted by atomic mass is 32.2. The summed E-state index contributed by atoms with van der Waals surface area (Å²) in [4.78, 5) is 13.0. The van der Waals surface area contributed by atoms with Crippen molar-refractivity contribution in [3.63, 3.8) is 0 Å². The number of aliphatic carboxylic acids is 1. The van der Waals surface area contributed by atoms with Crippen LogP contribution in [0.2, 0.25) is 0 Å². The van der Waals surface area contributed by atoms with Crippen molar-refractivity contribution in [3.8, 4) is 5.75 Å². The predicted molar refractivity (Wildman–Crippen MR) is 72.1 cm³/mol. The van der Waals surface area contributed by atoms with E-state index in [2.05, 4.69) is 0 Å². The summed E-state index contributed by atoms with van der Waals surface area (Å²) in [5.74, 6) is 0.448. The minimum absolute atomic E-state index is 0.202. The van der Waals surface area contributed by atoms with Gasteiger partial charge in [-0.15, -0.1) is 0 Å². The van der Waals surface area contributed by atoms with Crippen LogP contribution in [0.5, 0.6) is 5.75 Å². The van der Waals surface area contributed by atoms with Gasteiger partial charge in [-0.2, -0.15) is 11.8 Å². The second kappa shape index (κ2) is 6.25. The molecule has 4 nitrogen and oxygen atoms in total. The number of halogens is 1. The van der Waals surface area contributed by atoms with Crippen molar-refractivity contribution in [3.05, 3.63) is 29.6 Å². The summed E-state index contributed by atoms with van der Waals surface area (Å²) in [5, 5.41) is 9.17. The highest BCUT2D eigenvalue weighted by Crippen LogP contribution is 2.22. The zero-order valence-electron chi connectivity index (χ0n) is 10.6. The van der Waals surface area contributed by atoms with E-state index in [0.717, 1.165) is 11.3 Å². The molecule has 1 aliphatic rings. The number of nitrogens with zero attached hydrogens (tertiary/aromatic N) is 1. The third-order valence-electron chi connectivity index (χ3n) is 3.13. The third-order valence-corrected chi connectivity index (χ3v) is 4.15. The van der Waals surface area contributed by atoms with E-state index in [0.29, 0.717) is 18.8 Å². The number of thioether (sulfide) groups is 1. The van der Waals surface area contributed by atoms with Crippen LogP contribution in [-0.2, 0) is 11.3 Å². The maximum atomic E-state index is 13.6. The van der Waals surface area contributed by atoms with Crippen LogP contribution < -0.4 is 4.74 Å². The molecule has 1 saturated heterocycles. The van der Waals surface area contributed by atoms with E-state index in [9.17, 15) is 14.3 Å². The summed E-state index contributed by atoms with van der Waals surface area (Å²) in [6.07, 6.45) is 0. The Labute approximate surface area is 115 Å². The molecule has 6 heteroatoms. The molecular weight excluding hydrogens is 269 g/mol. The molecule has 0 radical (unpaired) electrons. The minimum Gasteiger partial charge on any atom is -0.494 e. The smallest absolute Gasteiger partial charge is 0.321 e. The van der Waals surface area contributed by atoms with Crippen LogP contribution in [0.25, 0.3) is 0 Å². The van der Waals surface area contributed by atoms with E-state index in [1.807, 2.05) is 4.90 Å². The Hall–Kier alpha value is -1.27. The molecule has 2 rings (SSSR count). The van der Waals surface area contributed by atoms with Gasteiger partial charge in [-0.1, -0.05) is 6.07 Å². The molecule has 0 saturated carbocycles. The zero-order chi connectivity index (χ0) is 13.8. The van der Waals surface area contributed by atoms with Gasteiger partial charge in [-0.05, 0) is 17.7 Å². The first-order chi connectivity index (χ1) is 9.11. The number of rotatable bonds is 4. The first-order valence-corrected chi connectivity index (χ1v) is 7.14. The average Bonchev–Trinajstić information content (AvgIpc) is 2.39. The molecule has 0 aliphatic carbocycles. The van der Waals surface area contributed by atoms with Gasteiger partial charge < -0.3 is 9.84 Å². The van der Waals surface area contributed by atoms with E-state index >= 15 is 0 Å². The summed E-state index contributed by atoms with van der Waals surface area (Å²) in [7, 11) is 1.42.